The van der Waals surface area contributed by atoms with Gasteiger partial charge in [-0.3, -0.25) is 9.47 Å². The highest BCUT2D eigenvalue weighted by Crippen LogP contribution is 2.22. The second-order valence-electron chi connectivity index (χ2n) is 5.66. The van der Waals surface area contributed by atoms with Crippen LogP contribution in [0.25, 0.3) is 0 Å². The molecule has 0 aliphatic carbocycles. The minimum atomic E-state index is -0.156. The topological polar surface area (TPSA) is 53.9 Å². The molecule has 21 heavy (non-hydrogen) atoms. The van der Waals surface area contributed by atoms with Gasteiger partial charge in [0.25, 0.3) is 0 Å². The van der Waals surface area contributed by atoms with Gasteiger partial charge in [-0.15, -0.1) is 0 Å². The van der Waals surface area contributed by atoms with Gasteiger partial charge >= 0.3 is 5.69 Å². The number of benzene rings is 1. The van der Waals surface area contributed by atoms with E-state index in [0.29, 0.717) is 5.56 Å². The Balaban J connectivity index is 1.60. The van der Waals surface area contributed by atoms with E-state index < -0.39 is 0 Å². The number of H-pyrrole nitrogens is 1. The number of halogens is 1. The first-order valence-electron chi connectivity index (χ1n) is 7.22. The first kappa shape index (κ1) is 14.0. The highest BCUT2D eigenvalue weighted by atomic mass is 19.1. The molecule has 6 heteroatoms. The standard InChI is InChI=1S/C15H19FN4O/c1-11-8-12(2-3-14(11)16)9-19-6-4-13(5-7-19)20-10-17-18-15(20)21/h2-3,8,10,13H,4-7,9H2,1H3,(H,18,21). The number of aromatic amines is 1. The fourth-order valence-electron chi connectivity index (χ4n) is 2.94. The summed E-state index contributed by atoms with van der Waals surface area (Å²) in [5.74, 6) is -0.156. The third-order valence-corrected chi connectivity index (χ3v) is 4.16. The van der Waals surface area contributed by atoms with Crippen LogP contribution in [0.5, 0.6) is 0 Å². The molecule has 5 nitrogen and oxygen atoms in total. The van der Waals surface area contributed by atoms with Gasteiger partial charge in [0.2, 0.25) is 0 Å². The lowest BCUT2D eigenvalue weighted by atomic mass is 10.0. The highest BCUT2D eigenvalue weighted by molar-refractivity contribution is 5.23. The van der Waals surface area contributed by atoms with Gasteiger partial charge in [-0.05, 0) is 37.0 Å². The van der Waals surface area contributed by atoms with Crippen molar-refractivity contribution in [1.82, 2.24) is 19.7 Å². The van der Waals surface area contributed by atoms with Gasteiger partial charge < -0.3 is 0 Å². The SMILES string of the molecule is Cc1cc(CN2CCC(n3cn[nH]c3=O)CC2)ccc1F. The van der Waals surface area contributed by atoms with Gasteiger partial charge in [0.05, 0.1) is 0 Å². The number of hydrogen-bond acceptors (Lipinski definition) is 3. The number of hydrogen-bond donors (Lipinski definition) is 1. The quantitative estimate of drug-likeness (QED) is 0.938. The van der Waals surface area contributed by atoms with Crippen molar-refractivity contribution in [2.45, 2.75) is 32.4 Å². The van der Waals surface area contributed by atoms with E-state index in [1.54, 1.807) is 17.8 Å². The summed E-state index contributed by atoms with van der Waals surface area (Å²) >= 11 is 0. The number of nitrogens with one attached hydrogen (secondary N) is 1. The molecule has 0 amide bonds. The van der Waals surface area contributed by atoms with E-state index in [4.69, 9.17) is 0 Å². The summed E-state index contributed by atoms with van der Waals surface area (Å²) in [6.45, 7) is 4.47. The van der Waals surface area contributed by atoms with Crippen molar-refractivity contribution in [3.05, 3.63) is 52.0 Å². The zero-order valence-electron chi connectivity index (χ0n) is 12.1. The minimum Gasteiger partial charge on any atom is -0.299 e. The minimum absolute atomic E-state index is 0.136. The van der Waals surface area contributed by atoms with E-state index in [1.807, 2.05) is 12.1 Å². The van der Waals surface area contributed by atoms with Crippen LogP contribution in [-0.4, -0.2) is 32.8 Å². The first-order valence-corrected chi connectivity index (χ1v) is 7.22. The summed E-state index contributed by atoms with van der Waals surface area (Å²) in [6, 6.07) is 5.50. The number of nitrogens with zero attached hydrogens (tertiary/aromatic N) is 3. The molecular weight excluding hydrogens is 271 g/mol. The van der Waals surface area contributed by atoms with Crippen LogP contribution >= 0.6 is 0 Å². The second kappa shape index (κ2) is 5.81. The van der Waals surface area contributed by atoms with E-state index in [9.17, 15) is 9.18 Å². The van der Waals surface area contributed by atoms with Crippen LogP contribution in [0.3, 0.4) is 0 Å². The molecule has 0 bridgehead atoms. The van der Waals surface area contributed by atoms with Gasteiger partial charge in [-0.2, -0.15) is 5.10 Å². The predicted molar refractivity (Wildman–Crippen MR) is 77.5 cm³/mol. The molecule has 0 unspecified atom stereocenters. The maximum absolute atomic E-state index is 13.3. The van der Waals surface area contributed by atoms with Gasteiger partial charge in [0.15, 0.2) is 0 Å². The molecule has 0 radical (unpaired) electrons. The van der Waals surface area contributed by atoms with Crippen LogP contribution in [0.15, 0.2) is 29.3 Å². The fourth-order valence-corrected chi connectivity index (χ4v) is 2.94. The van der Waals surface area contributed by atoms with Gasteiger partial charge in [0, 0.05) is 25.7 Å². The maximum Gasteiger partial charge on any atom is 0.343 e. The zero-order chi connectivity index (χ0) is 14.8. The number of piperidine rings is 1. The molecule has 1 fully saturated rings. The van der Waals surface area contributed by atoms with Crippen molar-refractivity contribution in [3.63, 3.8) is 0 Å². The van der Waals surface area contributed by atoms with E-state index in [0.717, 1.165) is 38.0 Å². The van der Waals surface area contributed by atoms with E-state index in [1.165, 1.54) is 6.07 Å². The molecule has 0 atom stereocenters. The van der Waals surface area contributed by atoms with Crippen molar-refractivity contribution in [1.29, 1.82) is 0 Å². The third-order valence-electron chi connectivity index (χ3n) is 4.16. The summed E-state index contributed by atoms with van der Waals surface area (Å²) in [7, 11) is 0. The Bertz CT molecular complexity index is 670. The van der Waals surface area contributed by atoms with Crippen LogP contribution in [0.4, 0.5) is 4.39 Å². The normalized spacial score (nSPS) is 17.2. The molecule has 1 aromatic carbocycles. The molecule has 1 saturated heterocycles. The Morgan fingerprint density at radius 1 is 1.38 bits per heavy atom. The van der Waals surface area contributed by atoms with Crippen molar-refractivity contribution in [2.75, 3.05) is 13.1 Å². The first-order chi connectivity index (χ1) is 10.1. The molecule has 3 rings (SSSR count). The molecule has 1 N–H and O–H groups in total. The summed E-state index contributed by atoms with van der Waals surface area (Å²) < 4.78 is 14.9. The van der Waals surface area contributed by atoms with Gasteiger partial charge in [-0.1, -0.05) is 12.1 Å². The lowest BCUT2D eigenvalue weighted by molar-refractivity contribution is 0.178. The molecule has 112 valence electrons. The largest absolute Gasteiger partial charge is 0.343 e. The molecule has 1 aliphatic heterocycles. The van der Waals surface area contributed by atoms with Crippen LogP contribution in [0, 0.1) is 12.7 Å². The van der Waals surface area contributed by atoms with Crippen LogP contribution in [-0.2, 0) is 6.54 Å². The van der Waals surface area contributed by atoms with Crippen molar-refractivity contribution < 1.29 is 4.39 Å². The Hall–Kier alpha value is -1.95. The second-order valence-corrected chi connectivity index (χ2v) is 5.66. The Kier molecular flexibility index (Phi) is 3.88. The lowest BCUT2D eigenvalue weighted by Gasteiger charge is -2.32. The third kappa shape index (κ3) is 3.05. The molecule has 1 aliphatic rings. The smallest absolute Gasteiger partial charge is 0.299 e. The Morgan fingerprint density at radius 2 is 2.14 bits per heavy atom. The van der Waals surface area contributed by atoms with Crippen LogP contribution in [0.1, 0.15) is 30.0 Å². The van der Waals surface area contributed by atoms with Gasteiger partial charge in [0.1, 0.15) is 12.1 Å². The fraction of sp³-hybridized carbons (Fsp3) is 0.467. The molecule has 1 aromatic heterocycles. The molecule has 2 aromatic rings. The van der Waals surface area contributed by atoms with E-state index in [2.05, 4.69) is 15.1 Å². The predicted octanol–water partition coefficient (Wildman–Crippen LogP) is 1.86. The number of rotatable bonds is 3. The molecule has 0 spiro atoms. The zero-order valence-corrected chi connectivity index (χ0v) is 12.1. The average Bonchev–Trinajstić information content (AvgIpc) is 2.90. The van der Waals surface area contributed by atoms with E-state index >= 15 is 0 Å². The van der Waals surface area contributed by atoms with E-state index in [-0.39, 0.29) is 17.5 Å². The van der Waals surface area contributed by atoms with Gasteiger partial charge in [-0.25, -0.2) is 14.3 Å². The summed E-state index contributed by atoms with van der Waals surface area (Å²) in [5.41, 5.74) is 1.68. The van der Waals surface area contributed by atoms with Crippen molar-refractivity contribution >= 4 is 0 Å². The van der Waals surface area contributed by atoms with Crippen molar-refractivity contribution in [2.24, 2.45) is 0 Å². The van der Waals surface area contributed by atoms with Crippen molar-refractivity contribution in [3.8, 4) is 0 Å². The highest BCUT2D eigenvalue weighted by Gasteiger charge is 2.21. The Labute approximate surface area is 122 Å². The monoisotopic (exact) mass is 290 g/mol. The summed E-state index contributed by atoms with van der Waals surface area (Å²) in [6.07, 6.45) is 3.44. The van der Waals surface area contributed by atoms with Crippen LogP contribution in [0.2, 0.25) is 0 Å². The molecule has 0 saturated carbocycles. The summed E-state index contributed by atoms with van der Waals surface area (Å²) in [5, 5.41) is 6.21. The lowest BCUT2D eigenvalue weighted by Crippen LogP contribution is -2.36. The average molecular weight is 290 g/mol. The number of likely N-dealkylation sites (tertiary alicyclic amines) is 1. The molecular formula is C15H19FN4O. The number of aromatic nitrogens is 3. The van der Waals surface area contributed by atoms with Crippen LogP contribution < -0.4 is 5.69 Å². The molecule has 2 heterocycles. The Morgan fingerprint density at radius 3 is 2.76 bits per heavy atom. The maximum atomic E-state index is 13.3. The summed E-state index contributed by atoms with van der Waals surface area (Å²) in [4.78, 5) is 13.9. The number of aryl methyl sites for hydroxylation is 1.